The van der Waals surface area contributed by atoms with E-state index in [1.54, 1.807) is 0 Å². The quantitative estimate of drug-likeness (QED) is 0.809. The minimum absolute atomic E-state index is 0.367. The molecule has 0 N–H and O–H groups in total. The van der Waals surface area contributed by atoms with Gasteiger partial charge in [-0.2, -0.15) is 0 Å². The number of nitrogens with zero attached hydrogens (tertiary/aromatic N) is 1. The molecule has 2 nitrogen and oxygen atoms in total. The highest BCUT2D eigenvalue weighted by Crippen LogP contribution is 2.18. The van der Waals surface area contributed by atoms with Gasteiger partial charge in [0.25, 0.3) is 0 Å². The summed E-state index contributed by atoms with van der Waals surface area (Å²) < 4.78 is 5.81. The largest absolute Gasteiger partial charge is 0.373 e. The lowest BCUT2D eigenvalue weighted by Gasteiger charge is -2.36. The molecule has 1 aromatic carbocycles. The van der Waals surface area contributed by atoms with Crippen molar-refractivity contribution in [3.8, 4) is 0 Å². The Labute approximate surface area is 130 Å². The predicted molar refractivity (Wildman–Crippen MR) is 89.8 cm³/mol. The van der Waals surface area contributed by atoms with Crippen LogP contribution in [0.3, 0.4) is 0 Å². The van der Waals surface area contributed by atoms with E-state index in [1.165, 1.54) is 24.1 Å². The zero-order valence-corrected chi connectivity index (χ0v) is 14.3. The van der Waals surface area contributed by atoms with E-state index in [2.05, 4.69) is 63.8 Å². The van der Waals surface area contributed by atoms with Gasteiger partial charge in [0.15, 0.2) is 0 Å². The molecule has 1 unspecified atom stereocenters. The molecule has 0 aliphatic carbocycles. The van der Waals surface area contributed by atoms with Crippen molar-refractivity contribution in [2.75, 3.05) is 19.6 Å². The second kappa shape index (κ2) is 7.42. The fraction of sp³-hybridized carbons (Fsp3) is 0.684. The minimum Gasteiger partial charge on any atom is -0.373 e. The lowest BCUT2D eigenvalue weighted by Crippen LogP contribution is -2.47. The van der Waals surface area contributed by atoms with Crippen molar-refractivity contribution < 1.29 is 4.74 Å². The van der Waals surface area contributed by atoms with Crippen LogP contribution in [0.1, 0.15) is 51.7 Å². The fourth-order valence-corrected chi connectivity index (χ4v) is 3.38. The summed E-state index contributed by atoms with van der Waals surface area (Å²) in [7, 11) is 0. The Kier molecular flexibility index (Phi) is 5.83. The Morgan fingerprint density at radius 2 is 1.62 bits per heavy atom. The molecule has 0 bridgehead atoms. The third-order valence-electron chi connectivity index (χ3n) is 4.30. The molecule has 0 amide bonds. The molecule has 2 rings (SSSR count). The third-order valence-corrected chi connectivity index (χ3v) is 4.30. The number of hydrogen-bond acceptors (Lipinski definition) is 2. The molecule has 1 aliphatic rings. The van der Waals surface area contributed by atoms with Gasteiger partial charge in [-0.1, -0.05) is 45.0 Å². The molecule has 0 spiro atoms. The summed E-state index contributed by atoms with van der Waals surface area (Å²) in [6, 6.07) is 9.17. The van der Waals surface area contributed by atoms with Crippen LogP contribution in [0.25, 0.3) is 0 Å². The molecule has 118 valence electrons. The second-order valence-electron chi connectivity index (χ2n) is 7.18. The van der Waals surface area contributed by atoms with Gasteiger partial charge in [0.1, 0.15) is 0 Å². The average molecular weight is 289 g/mol. The first-order valence-corrected chi connectivity index (χ1v) is 8.40. The number of morpholine rings is 1. The van der Waals surface area contributed by atoms with Gasteiger partial charge >= 0.3 is 0 Å². The van der Waals surface area contributed by atoms with E-state index in [9.17, 15) is 0 Å². The summed E-state index contributed by atoms with van der Waals surface area (Å²) in [6.45, 7) is 14.5. The first-order valence-electron chi connectivity index (χ1n) is 8.40. The lowest BCUT2D eigenvalue weighted by molar-refractivity contribution is -0.0708. The van der Waals surface area contributed by atoms with Gasteiger partial charge in [-0.15, -0.1) is 0 Å². The zero-order chi connectivity index (χ0) is 15.4. The number of rotatable bonds is 5. The standard InChI is InChI=1S/C19H31NO/c1-14(2)19-8-6-18(7-9-19)10-15(3)11-20-12-16(4)21-17(5)13-20/h6-9,14-17H,10-13H2,1-5H3/t15?,16-,17+. The van der Waals surface area contributed by atoms with Crippen molar-refractivity contribution in [3.05, 3.63) is 35.4 Å². The van der Waals surface area contributed by atoms with Crippen molar-refractivity contribution in [2.45, 2.75) is 59.2 Å². The van der Waals surface area contributed by atoms with E-state index in [0.29, 0.717) is 24.0 Å². The van der Waals surface area contributed by atoms with Crippen LogP contribution in [-0.4, -0.2) is 36.7 Å². The van der Waals surface area contributed by atoms with Gasteiger partial charge in [0.2, 0.25) is 0 Å². The van der Waals surface area contributed by atoms with Crippen LogP contribution in [0.2, 0.25) is 0 Å². The van der Waals surface area contributed by atoms with Gasteiger partial charge in [-0.25, -0.2) is 0 Å². The van der Waals surface area contributed by atoms with Gasteiger partial charge in [0, 0.05) is 19.6 Å². The van der Waals surface area contributed by atoms with Gasteiger partial charge < -0.3 is 4.74 Å². The molecule has 0 radical (unpaired) electrons. The van der Waals surface area contributed by atoms with Crippen LogP contribution < -0.4 is 0 Å². The van der Waals surface area contributed by atoms with E-state index >= 15 is 0 Å². The van der Waals surface area contributed by atoms with E-state index in [-0.39, 0.29) is 0 Å². The maximum atomic E-state index is 5.81. The highest BCUT2D eigenvalue weighted by molar-refractivity contribution is 5.24. The Bertz CT molecular complexity index is 416. The number of hydrogen-bond donors (Lipinski definition) is 0. The molecular weight excluding hydrogens is 258 g/mol. The summed E-state index contributed by atoms with van der Waals surface area (Å²) >= 11 is 0. The maximum absolute atomic E-state index is 5.81. The first-order chi connectivity index (χ1) is 9.94. The van der Waals surface area contributed by atoms with Crippen LogP contribution in [0.4, 0.5) is 0 Å². The SMILES string of the molecule is CC(Cc1ccc(C(C)C)cc1)CN1C[C@@H](C)O[C@@H](C)C1. The maximum Gasteiger partial charge on any atom is 0.0678 e. The zero-order valence-electron chi connectivity index (χ0n) is 14.3. The molecule has 21 heavy (non-hydrogen) atoms. The Hall–Kier alpha value is -0.860. The van der Waals surface area contributed by atoms with Crippen molar-refractivity contribution in [1.82, 2.24) is 4.90 Å². The lowest BCUT2D eigenvalue weighted by atomic mass is 9.96. The molecule has 1 aromatic rings. The fourth-order valence-electron chi connectivity index (χ4n) is 3.38. The Balaban J connectivity index is 1.85. The monoisotopic (exact) mass is 289 g/mol. The van der Waals surface area contributed by atoms with Crippen LogP contribution >= 0.6 is 0 Å². The van der Waals surface area contributed by atoms with Crippen LogP contribution in [-0.2, 0) is 11.2 Å². The van der Waals surface area contributed by atoms with E-state index < -0.39 is 0 Å². The second-order valence-corrected chi connectivity index (χ2v) is 7.18. The summed E-state index contributed by atoms with van der Waals surface area (Å²) in [5.41, 5.74) is 2.89. The molecule has 3 atom stereocenters. The minimum atomic E-state index is 0.367. The molecular formula is C19H31NO. The average Bonchev–Trinajstić information content (AvgIpc) is 2.37. The number of ether oxygens (including phenoxy) is 1. The van der Waals surface area contributed by atoms with Crippen molar-refractivity contribution in [2.24, 2.45) is 5.92 Å². The molecule has 0 saturated carbocycles. The van der Waals surface area contributed by atoms with E-state index in [4.69, 9.17) is 4.74 Å². The van der Waals surface area contributed by atoms with Crippen molar-refractivity contribution in [1.29, 1.82) is 0 Å². The van der Waals surface area contributed by atoms with Crippen molar-refractivity contribution in [3.63, 3.8) is 0 Å². The summed E-state index contributed by atoms with van der Waals surface area (Å²) in [5, 5.41) is 0. The van der Waals surface area contributed by atoms with E-state index in [1.807, 2.05) is 0 Å². The first kappa shape index (κ1) is 16.5. The molecule has 1 saturated heterocycles. The summed E-state index contributed by atoms with van der Waals surface area (Å²) in [4.78, 5) is 2.56. The van der Waals surface area contributed by atoms with E-state index in [0.717, 1.165) is 13.1 Å². The molecule has 1 aliphatic heterocycles. The van der Waals surface area contributed by atoms with Crippen molar-refractivity contribution >= 4 is 0 Å². The highest BCUT2D eigenvalue weighted by Gasteiger charge is 2.23. The summed E-state index contributed by atoms with van der Waals surface area (Å²) in [6.07, 6.45) is 1.90. The number of benzene rings is 1. The molecule has 1 fully saturated rings. The normalized spacial score (nSPS) is 25.2. The molecule has 2 heteroatoms. The van der Waals surface area contributed by atoms with Gasteiger partial charge in [-0.3, -0.25) is 4.90 Å². The van der Waals surface area contributed by atoms with Crippen LogP contribution in [0.15, 0.2) is 24.3 Å². The van der Waals surface area contributed by atoms with Crippen LogP contribution in [0.5, 0.6) is 0 Å². The smallest absolute Gasteiger partial charge is 0.0678 e. The topological polar surface area (TPSA) is 12.5 Å². The molecule has 1 heterocycles. The summed E-state index contributed by atoms with van der Waals surface area (Å²) in [5.74, 6) is 1.31. The highest BCUT2D eigenvalue weighted by atomic mass is 16.5. The predicted octanol–water partition coefficient (Wildman–Crippen LogP) is 4.10. The van der Waals surface area contributed by atoms with Crippen LogP contribution in [0, 0.1) is 5.92 Å². The Morgan fingerprint density at radius 1 is 1.05 bits per heavy atom. The van der Waals surface area contributed by atoms with Gasteiger partial charge in [0.05, 0.1) is 12.2 Å². The molecule has 0 aromatic heterocycles. The third kappa shape index (κ3) is 5.12. The van der Waals surface area contributed by atoms with Gasteiger partial charge in [-0.05, 0) is 43.2 Å². The Morgan fingerprint density at radius 3 is 2.14 bits per heavy atom.